The molecule has 54 heavy (non-hydrogen) atoms. The van der Waals surface area contributed by atoms with E-state index < -0.39 is 44.7 Å². The molecule has 11 nitrogen and oxygen atoms in total. The molecule has 0 amide bonds. The molecule has 0 aromatic carbocycles. The van der Waals surface area contributed by atoms with Gasteiger partial charge >= 0.3 is 19.8 Å². The molecule has 0 bridgehead atoms. The monoisotopic (exact) mass is 787 g/mol. The van der Waals surface area contributed by atoms with Gasteiger partial charge in [0, 0.05) is 12.8 Å². The van der Waals surface area contributed by atoms with E-state index in [1.165, 1.54) is 44.9 Å². The van der Waals surface area contributed by atoms with E-state index in [1.54, 1.807) is 18.2 Å². The van der Waals surface area contributed by atoms with Crippen molar-refractivity contribution in [3.05, 3.63) is 48.6 Å². The summed E-state index contributed by atoms with van der Waals surface area (Å²) in [6.07, 6.45) is 30.9. The smallest absolute Gasteiger partial charge is 0.462 e. The molecule has 0 heterocycles. The highest BCUT2D eigenvalue weighted by Gasteiger charge is 2.27. The van der Waals surface area contributed by atoms with Gasteiger partial charge in [0.25, 0.3) is 0 Å². The maximum absolute atomic E-state index is 12.7. The minimum Gasteiger partial charge on any atom is -0.462 e. The lowest BCUT2D eigenvalue weighted by Crippen LogP contribution is -2.37. The highest BCUT2D eigenvalue weighted by molar-refractivity contribution is 7.47. The number of phosphoric acid groups is 1. The van der Waals surface area contributed by atoms with Gasteiger partial charge in [-0.25, -0.2) is 4.57 Å². The van der Waals surface area contributed by atoms with Crippen LogP contribution in [0.5, 0.6) is 0 Å². The summed E-state index contributed by atoms with van der Waals surface area (Å²) < 4.78 is 34.0. The van der Waals surface area contributed by atoms with Crippen LogP contribution in [0.4, 0.5) is 0 Å². The standard InChI is InChI=1S/C42H76NO10P/c1-6-8-10-11-12-13-14-15-19-22-26-32-41(46)50-36-40(37-52-54(48,49)51-35-34-43(3,4)5)53-42(47)33-27-31-39(45)30-25-21-18-16-17-20-24-29-38(44)28-23-9-7-2/h17-18,20-21,24-25,29-30,38-40,44-45H,6-16,19,22-23,26-28,31-37H2,1-5H3/p+1/b20-17-,21-18-,29-24+,30-25+/t38-,39-,40-/m1/s1. The number of esters is 2. The van der Waals surface area contributed by atoms with Crippen molar-refractivity contribution < 1.29 is 52.3 Å². The summed E-state index contributed by atoms with van der Waals surface area (Å²) >= 11 is 0. The van der Waals surface area contributed by atoms with Gasteiger partial charge in [-0.2, -0.15) is 0 Å². The van der Waals surface area contributed by atoms with Crippen molar-refractivity contribution in [1.82, 2.24) is 0 Å². The summed E-state index contributed by atoms with van der Waals surface area (Å²) in [4.78, 5) is 35.2. The first-order valence-electron chi connectivity index (χ1n) is 20.6. The Balaban J connectivity index is 4.67. The lowest BCUT2D eigenvalue weighted by atomic mass is 10.1. The average Bonchev–Trinajstić information content (AvgIpc) is 3.10. The summed E-state index contributed by atoms with van der Waals surface area (Å²) in [5.74, 6) is -1.03. The molecular weight excluding hydrogens is 709 g/mol. The number of aliphatic hydroxyl groups is 2. The Kier molecular flexibility index (Phi) is 32.8. The van der Waals surface area contributed by atoms with E-state index in [1.807, 2.05) is 51.5 Å². The van der Waals surface area contributed by atoms with Gasteiger partial charge < -0.3 is 29.1 Å². The molecule has 0 fully saturated rings. The van der Waals surface area contributed by atoms with Crippen molar-refractivity contribution in [1.29, 1.82) is 0 Å². The predicted molar refractivity (Wildman–Crippen MR) is 218 cm³/mol. The summed E-state index contributed by atoms with van der Waals surface area (Å²) in [7, 11) is 1.33. The van der Waals surface area contributed by atoms with E-state index in [-0.39, 0.29) is 26.1 Å². The Labute approximate surface area is 328 Å². The van der Waals surface area contributed by atoms with Gasteiger partial charge in [-0.3, -0.25) is 18.6 Å². The van der Waals surface area contributed by atoms with Crippen molar-refractivity contribution in [2.24, 2.45) is 0 Å². The molecular formula is C42H77NO10P+. The van der Waals surface area contributed by atoms with E-state index in [2.05, 4.69) is 13.8 Å². The number of nitrogens with zero attached hydrogens (tertiary/aromatic N) is 1. The van der Waals surface area contributed by atoms with E-state index in [0.717, 1.165) is 44.9 Å². The molecule has 0 aliphatic carbocycles. The van der Waals surface area contributed by atoms with E-state index >= 15 is 0 Å². The van der Waals surface area contributed by atoms with Gasteiger partial charge in [-0.15, -0.1) is 0 Å². The van der Waals surface area contributed by atoms with Crippen LogP contribution in [0.25, 0.3) is 0 Å². The van der Waals surface area contributed by atoms with Crippen LogP contribution in [0.3, 0.4) is 0 Å². The number of quaternary nitrogens is 1. The third-order valence-electron chi connectivity index (χ3n) is 8.57. The zero-order valence-corrected chi connectivity index (χ0v) is 35.3. The second-order valence-corrected chi connectivity index (χ2v) is 16.5. The lowest BCUT2D eigenvalue weighted by molar-refractivity contribution is -0.870. The van der Waals surface area contributed by atoms with E-state index in [4.69, 9.17) is 18.5 Å². The van der Waals surface area contributed by atoms with Gasteiger partial charge in [-0.05, 0) is 32.1 Å². The maximum atomic E-state index is 12.7. The molecule has 0 spiro atoms. The second-order valence-electron chi connectivity index (χ2n) is 15.1. The molecule has 1 unspecified atom stereocenters. The number of allylic oxidation sites excluding steroid dienone is 6. The Hall–Kier alpha value is -2.11. The molecule has 12 heteroatoms. The number of phosphoric ester groups is 1. The molecule has 3 N–H and O–H groups in total. The topological polar surface area (TPSA) is 149 Å². The maximum Gasteiger partial charge on any atom is 0.472 e. The van der Waals surface area contributed by atoms with Crippen LogP contribution in [-0.4, -0.2) is 97.3 Å². The fraction of sp³-hybridized carbons (Fsp3) is 0.762. The van der Waals surface area contributed by atoms with Crippen LogP contribution in [0.2, 0.25) is 0 Å². The highest BCUT2D eigenvalue weighted by Crippen LogP contribution is 2.43. The Morgan fingerprint density at radius 2 is 1.15 bits per heavy atom. The minimum absolute atomic E-state index is 0.00761. The van der Waals surface area contributed by atoms with Crippen LogP contribution >= 0.6 is 7.82 Å². The molecule has 0 aliphatic rings. The Bertz CT molecular complexity index is 1100. The number of carbonyl (C=O) groups excluding carboxylic acids is 2. The van der Waals surface area contributed by atoms with Gasteiger partial charge in [0.15, 0.2) is 6.10 Å². The molecule has 0 aromatic rings. The number of likely N-dealkylation sites (N-methyl/N-ethyl adjacent to an activating group) is 1. The molecule has 0 aliphatic heterocycles. The summed E-state index contributed by atoms with van der Waals surface area (Å²) in [5.41, 5.74) is 0. The number of hydrogen-bond acceptors (Lipinski definition) is 9. The van der Waals surface area contributed by atoms with Crippen molar-refractivity contribution >= 4 is 19.8 Å². The van der Waals surface area contributed by atoms with Gasteiger partial charge in [0.2, 0.25) is 0 Å². The summed E-state index contributed by atoms with van der Waals surface area (Å²) in [5, 5.41) is 20.2. The van der Waals surface area contributed by atoms with Crippen molar-refractivity contribution in [2.45, 2.75) is 161 Å². The third-order valence-corrected chi connectivity index (χ3v) is 9.55. The first-order valence-corrected chi connectivity index (χ1v) is 22.1. The van der Waals surface area contributed by atoms with Gasteiger partial charge in [0.1, 0.15) is 19.8 Å². The normalized spacial score (nSPS) is 15.3. The van der Waals surface area contributed by atoms with Gasteiger partial charge in [-0.1, -0.05) is 146 Å². The van der Waals surface area contributed by atoms with Crippen LogP contribution in [0.15, 0.2) is 48.6 Å². The minimum atomic E-state index is -4.43. The van der Waals surface area contributed by atoms with Crippen molar-refractivity contribution in [3.8, 4) is 0 Å². The highest BCUT2D eigenvalue weighted by atomic mass is 31.2. The lowest BCUT2D eigenvalue weighted by Gasteiger charge is -2.24. The first kappa shape index (κ1) is 51.9. The number of rotatable bonds is 36. The predicted octanol–water partition coefficient (Wildman–Crippen LogP) is 9.07. The molecule has 0 saturated heterocycles. The van der Waals surface area contributed by atoms with Crippen molar-refractivity contribution in [2.75, 3.05) is 47.5 Å². The molecule has 0 saturated carbocycles. The van der Waals surface area contributed by atoms with E-state index in [0.29, 0.717) is 36.7 Å². The molecule has 314 valence electrons. The average molecular weight is 787 g/mol. The Morgan fingerprint density at radius 1 is 0.648 bits per heavy atom. The van der Waals surface area contributed by atoms with Gasteiger partial charge in [0.05, 0.1) is 40.0 Å². The number of hydrogen-bond donors (Lipinski definition) is 3. The van der Waals surface area contributed by atoms with Crippen LogP contribution in [0, 0.1) is 0 Å². The largest absolute Gasteiger partial charge is 0.472 e. The van der Waals surface area contributed by atoms with E-state index in [9.17, 15) is 29.3 Å². The van der Waals surface area contributed by atoms with Crippen LogP contribution in [-0.2, 0) is 32.7 Å². The summed E-state index contributed by atoms with van der Waals surface area (Å²) in [6.45, 7) is 4.02. The zero-order valence-electron chi connectivity index (χ0n) is 34.4. The fourth-order valence-corrected chi connectivity index (χ4v) is 5.97. The fourth-order valence-electron chi connectivity index (χ4n) is 5.23. The Morgan fingerprint density at radius 3 is 1.70 bits per heavy atom. The molecule has 4 atom stereocenters. The molecule has 0 radical (unpaired) electrons. The quantitative estimate of drug-likeness (QED) is 0.0185. The second kappa shape index (κ2) is 34.2. The van der Waals surface area contributed by atoms with Crippen LogP contribution < -0.4 is 0 Å². The SMILES string of the molecule is CCCCCCCCCCCCCC(=O)OC[C@H](COP(=O)(O)OCC[N+](C)(C)C)OC(=O)CCC[C@H](O)/C=C/C=C\C/C=C\C=C\[C@H](O)CCCCC. The summed E-state index contributed by atoms with van der Waals surface area (Å²) in [6, 6.07) is 0. The van der Waals surface area contributed by atoms with Crippen LogP contribution in [0.1, 0.15) is 142 Å². The molecule has 0 aromatic heterocycles. The third kappa shape index (κ3) is 36.8. The number of aliphatic hydroxyl groups excluding tert-OH is 2. The zero-order chi connectivity index (χ0) is 40.3. The van der Waals surface area contributed by atoms with Crippen molar-refractivity contribution in [3.63, 3.8) is 0 Å². The molecule has 0 rings (SSSR count). The number of ether oxygens (including phenoxy) is 2. The number of carbonyl (C=O) groups is 2. The number of unbranched alkanes of at least 4 members (excludes halogenated alkanes) is 12. The first-order chi connectivity index (χ1) is 25.8.